The fraction of sp³-hybridized carbons (Fsp3) is 0.308. The van der Waals surface area contributed by atoms with E-state index in [0.717, 1.165) is 6.07 Å². The van der Waals surface area contributed by atoms with Crippen LogP contribution in [0.2, 0.25) is 0 Å². The summed E-state index contributed by atoms with van der Waals surface area (Å²) in [6.07, 6.45) is 1.48. The Kier molecular flexibility index (Phi) is 4.40. The van der Waals surface area contributed by atoms with Crippen molar-refractivity contribution in [2.75, 3.05) is 0 Å². The molecule has 0 aliphatic rings. The molecule has 1 atom stereocenters. The van der Waals surface area contributed by atoms with Crippen LogP contribution in [0.3, 0.4) is 0 Å². The molecule has 3 N–H and O–H groups in total. The molecule has 0 aliphatic heterocycles. The summed E-state index contributed by atoms with van der Waals surface area (Å²) in [5.41, 5.74) is 5.97. The van der Waals surface area contributed by atoms with Gasteiger partial charge < -0.3 is 10.2 Å². The van der Waals surface area contributed by atoms with Gasteiger partial charge in [0, 0.05) is 6.54 Å². The molecule has 0 amide bonds. The lowest BCUT2D eigenvalue weighted by Gasteiger charge is -2.12. The number of nitrogens with two attached hydrogens (primary N) is 1. The summed E-state index contributed by atoms with van der Waals surface area (Å²) in [6, 6.07) is 3.02. The standard InChI is InChI=1S/C13H16FN3O3S/c1-8-7-16-13(20-8)9(2)17-21(18,19)12-5-10(6-15)3-4-11(12)14/h3-5,7,9,17H,6,15H2,1-2H3. The summed E-state index contributed by atoms with van der Waals surface area (Å²) >= 11 is 0. The van der Waals surface area contributed by atoms with Gasteiger partial charge in [-0.3, -0.25) is 0 Å². The van der Waals surface area contributed by atoms with Crippen molar-refractivity contribution < 1.29 is 17.2 Å². The van der Waals surface area contributed by atoms with Crippen molar-refractivity contribution in [3.05, 3.63) is 47.4 Å². The maximum atomic E-state index is 13.8. The Morgan fingerprint density at radius 3 is 2.76 bits per heavy atom. The lowest BCUT2D eigenvalue weighted by atomic mass is 10.2. The number of hydrogen-bond donors (Lipinski definition) is 2. The number of halogens is 1. The topological polar surface area (TPSA) is 98.2 Å². The lowest BCUT2D eigenvalue weighted by Crippen LogP contribution is -2.28. The quantitative estimate of drug-likeness (QED) is 0.874. The predicted molar refractivity (Wildman–Crippen MR) is 74.3 cm³/mol. The minimum absolute atomic E-state index is 0.122. The van der Waals surface area contributed by atoms with Crippen LogP contribution in [0, 0.1) is 12.7 Å². The van der Waals surface area contributed by atoms with Crippen LogP contribution in [0.25, 0.3) is 0 Å². The molecule has 2 rings (SSSR count). The highest BCUT2D eigenvalue weighted by molar-refractivity contribution is 7.89. The molecule has 6 nitrogen and oxygen atoms in total. The highest BCUT2D eigenvalue weighted by Gasteiger charge is 2.24. The highest BCUT2D eigenvalue weighted by Crippen LogP contribution is 2.20. The van der Waals surface area contributed by atoms with Crippen molar-refractivity contribution in [2.45, 2.75) is 31.3 Å². The third-order valence-corrected chi connectivity index (χ3v) is 4.42. The van der Waals surface area contributed by atoms with Gasteiger partial charge in [0.25, 0.3) is 0 Å². The van der Waals surface area contributed by atoms with Crippen molar-refractivity contribution in [1.29, 1.82) is 0 Å². The largest absolute Gasteiger partial charge is 0.444 e. The lowest BCUT2D eigenvalue weighted by molar-refractivity contribution is 0.427. The number of hydrogen-bond acceptors (Lipinski definition) is 5. The highest BCUT2D eigenvalue weighted by atomic mass is 32.2. The first-order valence-electron chi connectivity index (χ1n) is 6.26. The summed E-state index contributed by atoms with van der Waals surface area (Å²) in [5.74, 6) is -0.0608. The summed E-state index contributed by atoms with van der Waals surface area (Å²) in [6.45, 7) is 3.38. The van der Waals surface area contributed by atoms with Crippen molar-refractivity contribution in [3.63, 3.8) is 0 Å². The molecular formula is C13H16FN3O3S. The molecule has 0 fully saturated rings. The van der Waals surface area contributed by atoms with Gasteiger partial charge in [0.05, 0.1) is 12.2 Å². The summed E-state index contributed by atoms with van der Waals surface area (Å²) in [5, 5.41) is 0. The second-order valence-electron chi connectivity index (χ2n) is 4.62. The number of benzene rings is 1. The van der Waals surface area contributed by atoms with Crippen molar-refractivity contribution >= 4 is 10.0 Å². The number of aromatic nitrogens is 1. The Morgan fingerprint density at radius 1 is 1.48 bits per heavy atom. The molecule has 2 aromatic rings. The van der Waals surface area contributed by atoms with Crippen LogP contribution in [-0.4, -0.2) is 13.4 Å². The van der Waals surface area contributed by atoms with Gasteiger partial charge >= 0.3 is 0 Å². The third-order valence-electron chi connectivity index (χ3n) is 2.86. The van der Waals surface area contributed by atoms with E-state index in [1.54, 1.807) is 13.8 Å². The van der Waals surface area contributed by atoms with Crippen LogP contribution < -0.4 is 10.5 Å². The molecule has 0 bridgehead atoms. The minimum Gasteiger partial charge on any atom is -0.444 e. The molecule has 1 heterocycles. The van der Waals surface area contributed by atoms with Crippen molar-refractivity contribution in [1.82, 2.24) is 9.71 Å². The van der Waals surface area contributed by atoms with E-state index < -0.39 is 26.8 Å². The van der Waals surface area contributed by atoms with Gasteiger partial charge in [-0.05, 0) is 31.5 Å². The van der Waals surface area contributed by atoms with Crippen LogP contribution in [-0.2, 0) is 16.6 Å². The smallest absolute Gasteiger partial charge is 0.244 e. The van der Waals surface area contributed by atoms with Crippen molar-refractivity contribution in [2.24, 2.45) is 5.73 Å². The van der Waals surface area contributed by atoms with E-state index in [-0.39, 0.29) is 12.4 Å². The molecule has 114 valence electrons. The molecule has 1 unspecified atom stereocenters. The molecule has 1 aromatic heterocycles. The van der Waals surface area contributed by atoms with Crippen LogP contribution in [0.1, 0.15) is 30.2 Å². The summed E-state index contributed by atoms with van der Waals surface area (Å²) in [4.78, 5) is 3.50. The molecule has 0 spiro atoms. The van der Waals surface area contributed by atoms with E-state index in [0.29, 0.717) is 11.3 Å². The molecule has 0 saturated heterocycles. The Labute approximate surface area is 122 Å². The number of oxazole rings is 1. The van der Waals surface area contributed by atoms with Crippen molar-refractivity contribution in [3.8, 4) is 0 Å². The Balaban J connectivity index is 2.30. The molecule has 0 saturated carbocycles. The second-order valence-corrected chi connectivity index (χ2v) is 6.30. The van der Waals surface area contributed by atoms with E-state index in [1.165, 1.54) is 18.3 Å². The minimum atomic E-state index is -4.04. The molecular weight excluding hydrogens is 297 g/mol. The van der Waals surface area contributed by atoms with Gasteiger partial charge in [-0.2, -0.15) is 4.72 Å². The predicted octanol–water partition coefficient (Wildman–Crippen LogP) is 1.62. The fourth-order valence-electron chi connectivity index (χ4n) is 1.80. The monoisotopic (exact) mass is 313 g/mol. The van der Waals surface area contributed by atoms with Gasteiger partial charge in [-0.1, -0.05) is 6.07 Å². The van der Waals surface area contributed by atoms with Crippen LogP contribution in [0.5, 0.6) is 0 Å². The maximum Gasteiger partial charge on any atom is 0.244 e. The van der Waals surface area contributed by atoms with Gasteiger partial charge in [0.15, 0.2) is 0 Å². The zero-order valence-corrected chi connectivity index (χ0v) is 12.4. The summed E-state index contributed by atoms with van der Waals surface area (Å²) in [7, 11) is -4.04. The van der Waals surface area contributed by atoms with Crippen LogP contribution >= 0.6 is 0 Å². The van der Waals surface area contributed by atoms with E-state index in [4.69, 9.17) is 10.2 Å². The molecule has 21 heavy (non-hydrogen) atoms. The Bertz CT molecular complexity index is 743. The number of nitrogens with one attached hydrogen (secondary N) is 1. The average molecular weight is 313 g/mol. The van der Waals surface area contributed by atoms with Gasteiger partial charge in [0.2, 0.25) is 15.9 Å². The Morgan fingerprint density at radius 2 is 2.19 bits per heavy atom. The third kappa shape index (κ3) is 3.46. The molecule has 0 radical (unpaired) electrons. The number of rotatable bonds is 5. The first-order chi connectivity index (χ1) is 9.83. The van der Waals surface area contributed by atoms with E-state index in [1.807, 2.05) is 0 Å². The van der Waals surface area contributed by atoms with Crippen LogP contribution in [0.4, 0.5) is 4.39 Å². The SMILES string of the molecule is Cc1cnc(C(C)NS(=O)(=O)c2cc(CN)ccc2F)o1. The van der Waals surface area contributed by atoms with Crippen LogP contribution in [0.15, 0.2) is 33.7 Å². The van der Waals surface area contributed by atoms with Gasteiger partial charge in [-0.15, -0.1) is 0 Å². The number of nitrogens with zero attached hydrogens (tertiary/aromatic N) is 1. The molecule has 8 heteroatoms. The fourth-order valence-corrected chi connectivity index (χ4v) is 3.12. The van der Waals surface area contributed by atoms with Gasteiger partial charge in [0.1, 0.15) is 16.5 Å². The maximum absolute atomic E-state index is 13.8. The number of aryl methyl sites for hydroxylation is 1. The zero-order valence-electron chi connectivity index (χ0n) is 11.6. The normalized spacial score (nSPS) is 13.3. The summed E-state index contributed by atoms with van der Waals surface area (Å²) < 4.78 is 45.8. The van der Waals surface area contributed by atoms with E-state index in [9.17, 15) is 12.8 Å². The Hall–Kier alpha value is -1.77. The number of sulfonamides is 1. The molecule has 1 aromatic carbocycles. The zero-order chi connectivity index (χ0) is 15.6. The van der Waals surface area contributed by atoms with E-state index in [2.05, 4.69) is 9.71 Å². The second kappa shape index (κ2) is 5.92. The first kappa shape index (κ1) is 15.6. The van der Waals surface area contributed by atoms with Gasteiger partial charge in [-0.25, -0.2) is 17.8 Å². The first-order valence-corrected chi connectivity index (χ1v) is 7.75. The van der Waals surface area contributed by atoms with E-state index >= 15 is 0 Å². The average Bonchev–Trinajstić information content (AvgIpc) is 2.85. The molecule has 0 aliphatic carbocycles.